The number of hydrogen-bond acceptors (Lipinski definition) is 2. The highest BCUT2D eigenvalue weighted by atomic mass is 16.1. The van der Waals surface area contributed by atoms with Crippen LogP contribution in [0.5, 0.6) is 0 Å². The maximum absolute atomic E-state index is 12.4. The predicted octanol–water partition coefficient (Wildman–Crippen LogP) is 3.83. The molecule has 0 aromatic rings. The first-order valence-corrected chi connectivity index (χ1v) is 8.65. The van der Waals surface area contributed by atoms with E-state index in [-0.39, 0.29) is 10.8 Å². The summed E-state index contributed by atoms with van der Waals surface area (Å²) in [4.78, 5) is 12.4. The summed E-state index contributed by atoms with van der Waals surface area (Å²) in [6, 6.07) is 0. The molecule has 6 atom stereocenters. The fourth-order valence-corrected chi connectivity index (χ4v) is 6.27. The van der Waals surface area contributed by atoms with E-state index < -0.39 is 0 Å². The molecular formula is C19H27NO. The van der Waals surface area contributed by atoms with Crippen LogP contribution in [-0.4, -0.2) is 5.78 Å². The zero-order chi connectivity index (χ0) is 14.8. The molecule has 0 radical (unpaired) electrons. The second-order valence-corrected chi connectivity index (χ2v) is 8.34. The first-order chi connectivity index (χ1) is 9.95. The van der Waals surface area contributed by atoms with Crippen LogP contribution in [0, 0.1) is 34.5 Å². The van der Waals surface area contributed by atoms with Crippen molar-refractivity contribution in [3.8, 4) is 0 Å². The Labute approximate surface area is 127 Å². The molecule has 3 saturated carbocycles. The van der Waals surface area contributed by atoms with Crippen LogP contribution in [0.4, 0.5) is 0 Å². The molecule has 0 saturated heterocycles. The lowest BCUT2D eigenvalue weighted by Crippen LogP contribution is -2.51. The lowest BCUT2D eigenvalue weighted by atomic mass is 9.47. The number of carbonyl (C=O) groups excluding carboxylic acids is 1. The number of hydrogen-bond donors (Lipinski definition) is 1. The first-order valence-electron chi connectivity index (χ1n) is 8.65. The van der Waals surface area contributed by atoms with Gasteiger partial charge in [-0.15, -0.1) is 0 Å². The molecular weight excluding hydrogens is 258 g/mol. The summed E-state index contributed by atoms with van der Waals surface area (Å²) in [5.74, 6) is 3.26. The maximum atomic E-state index is 12.4. The summed E-state index contributed by atoms with van der Waals surface area (Å²) in [6.07, 6.45) is 13.6. The lowest BCUT2D eigenvalue weighted by Gasteiger charge is -2.57. The largest absolute Gasteiger partial charge is 0.399 e. The predicted molar refractivity (Wildman–Crippen MR) is 84.3 cm³/mol. The van der Waals surface area contributed by atoms with Gasteiger partial charge in [-0.05, 0) is 67.3 Å². The van der Waals surface area contributed by atoms with Crippen molar-refractivity contribution < 1.29 is 4.79 Å². The van der Waals surface area contributed by atoms with Crippen LogP contribution in [0.1, 0.15) is 52.4 Å². The van der Waals surface area contributed by atoms with E-state index in [1.807, 2.05) is 0 Å². The van der Waals surface area contributed by atoms with Crippen LogP contribution in [0.25, 0.3) is 0 Å². The van der Waals surface area contributed by atoms with Gasteiger partial charge in [0.15, 0.2) is 0 Å². The molecule has 4 aliphatic carbocycles. The van der Waals surface area contributed by atoms with Crippen molar-refractivity contribution in [1.29, 1.82) is 0 Å². The highest BCUT2D eigenvalue weighted by Gasteiger charge is 2.58. The van der Waals surface area contributed by atoms with Crippen molar-refractivity contribution in [3.05, 3.63) is 23.9 Å². The number of nitrogens with two attached hydrogens (primary N) is 1. The summed E-state index contributed by atoms with van der Waals surface area (Å²) < 4.78 is 0. The van der Waals surface area contributed by atoms with Gasteiger partial charge >= 0.3 is 0 Å². The first kappa shape index (κ1) is 13.6. The van der Waals surface area contributed by atoms with E-state index in [2.05, 4.69) is 32.1 Å². The highest BCUT2D eigenvalue weighted by molar-refractivity contribution is 5.87. The molecule has 0 bridgehead atoms. The van der Waals surface area contributed by atoms with Gasteiger partial charge < -0.3 is 5.73 Å². The SMILES string of the molecule is C[C@]12C=CC(N)=C[C@H]1CC[C@@H]1[C@@H]2CC[C@]2(C)C(=O)CC[C@@H]12. The summed E-state index contributed by atoms with van der Waals surface area (Å²) >= 11 is 0. The number of ketones is 1. The Morgan fingerprint density at radius 3 is 2.76 bits per heavy atom. The fourth-order valence-electron chi connectivity index (χ4n) is 6.27. The lowest BCUT2D eigenvalue weighted by molar-refractivity contribution is -0.133. The Hall–Kier alpha value is -1.05. The van der Waals surface area contributed by atoms with Gasteiger partial charge in [-0.2, -0.15) is 0 Å². The van der Waals surface area contributed by atoms with Crippen LogP contribution in [-0.2, 0) is 4.79 Å². The van der Waals surface area contributed by atoms with E-state index in [1.165, 1.54) is 19.3 Å². The highest BCUT2D eigenvalue weighted by Crippen LogP contribution is 2.63. The van der Waals surface area contributed by atoms with Gasteiger partial charge in [-0.25, -0.2) is 0 Å². The van der Waals surface area contributed by atoms with Gasteiger partial charge in [0.25, 0.3) is 0 Å². The van der Waals surface area contributed by atoms with Crippen LogP contribution in [0.15, 0.2) is 23.9 Å². The molecule has 2 heteroatoms. The van der Waals surface area contributed by atoms with Gasteiger partial charge in [0.05, 0.1) is 0 Å². The molecule has 3 fully saturated rings. The number of allylic oxidation sites excluding steroid dienone is 3. The summed E-state index contributed by atoms with van der Waals surface area (Å²) in [7, 11) is 0. The zero-order valence-electron chi connectivity index (χ0n) is 13.3. The van der Waals surface area contributed by atoms with E-state index >= 15 is 0 Å². The van der Waals surface area contributed by atoms with Crippen LogP contribution < -0.4 is 5.73 Å². The smallest absolute Gasteiger partial charge is 0.139 e. The van der Waals surface area contributed by atoms with Crippen molar-refractivity contribution >= 4 is 5.78 Å². The zero-order valence-corrected chi connectivity index (χ0v) is 13.3. The third kappa shape index (κ3) is 1.68. The molecule has 0 aromatic heterocycles. The summed E-state index contributed by atoms with van der Waals surface area (Å²) in [6.45, 7) is 4.69. The Morgan fingerprint density at radius 2 is 1.95 bits per heavy atom. The monoisotopic (exact) mass is 285 g/mol. The van der Waals surface area contributed by atoms with E-state index in [9.17, 15) is 4.79 Å². The average Bonchev–Trinajstić information content (AvgIpc) is 2.76. The molecule has 2 nitrogen and oxygen atoms in total. The average molecular weight is 285 g/mol. The molecule has 4 rings (SSSR count). The minimum atomic E-state index is -0.00237. The Balaban J connectivity index is 1.69. The van der Waals surface area contributed by atoms with E-state index in [0.29, 0.717) is 17.6 Å². The van der Waals surface area contributed by atoms with Gasteiger partial charge in [-0.3, -0.25) is 4.79 Å². The van der Waals surface area contributed by atoms with Gasteiger partial charge in [-0.1, -0.05) is 26.0 Å². The normalized spacial score (nSPS) is 51.9. The standard InChI is InChI=1S/C19H27NO/c1-18-9-7-13(20)11-12(18)3-4-14-15-5-6-17(21)19(15,2)10-8-16(14)18/h7,9,11-12,14-16H,3-6,8,10,20H2,1-2H3/t12-,14+,15+,16+,18+,19+/m1/s1. The van der Waals surface area contributed by atoms with Gasteiger partial charge in [0, 0.05) is 17.5 Å². The quantitative estimate of drug-likeness (QED) is 0.735. The second-order valence-electron chi connectivity index (χ2n) is 8.34. The Bertz CT molecular complexity index is 548. The van der Waals surface area contributed by atoms with Crippen LogP contribution >= 0.6 is 0 Å². The summed E-state index contributed by atoms with van der Waals surface area (Å²) in [5, 5.41) is 0. The van der Waals surface area contributed by atoms with Crippen molar-refractivity contribution in [2.75, 3.05) is 0 Å². The van der Waals surface area contributed by atoms with E-state index in [1.54, 1.807) is 0 Å². The van der Waals surface area contributed by atoms with Crippen molar-refractivity contribution in [2.24, 2.45) is 40.2 Å². The molecule has 21 heavy (non-hydrogen) atoms. The molecule has 0 aromatic carbocycles. The minimum Gasteiger partial charge on any atom is -0.399 e. The molecule has 114 valence electrons. The topological polar surface area (TPSA) is 43.1 Å². The molecule has 0 amide bonds. The van der Waals surface area contributed by atoms with E-state index in [4.69, 9.17) is 5.73 Å². The van der Waals surface area contributed by atoms with E-state index in [0.717, 1.165) is 36.8 Å². The third-order valence-corrected chi connectivity index (χ3v) is 7.58. The Kier molecular flexibility index (Phi) is 2.75. The van der Waals surface area contributed by atoms with Crippen LogP contribution in [0.2, 0.25) is 0 Å². The second kappa shape index (κ2) is 4.24. The van der Waals surface area contributed by atoms with Crippen molar-refractivity contribution in [3.63, 3.8) is 0 Å². The number of Topliss-reactive ketones (excluding diaryl/α,β-unsaturated/α-hetero) is 1. The number of rotatable bonds is 0. The fraction of sp³-hybridized carbons (Fsp3) is 0.737. The Morgan fingerprint density at radius 1 is 1.14 bits per heavy atom. The molecule has 0 spiro atoms. The third-order valence-electron chi connectivity index (χ3n) is 7.58. The summed E-state index contributed by atoms with van der Waals surface area (Å²) in [5.41, 5.74) is 7.22. The molecule has 2 N–H and O–H groups in total. The molecule has 0 heterocycles. The van der Waals surface area contributed by atoms with Gasteiger partial charge in [0.1, 0.15) is 5.78 Å². The molecule has 4 aliphatic rings. The van der Waals surface area contributed by atoms with Crippen molar-refractivity contribution in [1.82, 2.24) is 0 Å². The molecule has 0 aliphatic heterocycles. The maximum Gasteiger partial charge on any atom is 0.139 e. The number of carbonyl (C=O) groups is 1. The van der Waals surface area contributed by atoms with Crippen molar-refractivity contribution in [2.45, 2.75) is 52.4 Å². The minimum absolute atomic E-state index is 0.00237. The van der Waals surface area contributed by atoms with Gasteiger partial charge in [0.2, 0.25) is 0 Å². The number of fused-ring (bicyclic) bond motifs is 5. The molecule has 0 unspecified atom stereocenters. The van der Waals surface area contributed by atoms with Crippen LogP contribution in [0.3, 0.4) is 0 Å².